The van der Waals surface area contributed by atoms with Gasteiger partial charge in [-0.25, -0.2) is 0 Å². The van der Waals surface area contributed by atoms with Crippen LogP contribution in [-0.2, 0) is 19.5 Å². The van der Waals surface area contributed by atoms with Crippen molar-refractivity contribution in [1.29, 1.82) is 0 Å². The Morgan fingerprint density at radius 1 is 0.821 bits per heavy atom. The molecule has 3 nitrogen and oxygen atoms in total. The van der Waals surface area contributed by atoms with Crippen molar-refractivity contribution in [3.05, 3.63) is 101 Å². The van der Waals surface area contributed by atoms with Gasteiger partial charge < -0.3 is 4.74 Å². The van der Waals surface area contributed by atoms with E-state index >= 15 is 0 Å². The lowest BCUT2D eigenvalue weighted by Crippen LogP contribution is -2.22. The maximum atomic E-state index is 5.46. The number of fused-ring (bicyclic) bond motifs is 1. The summed E-state index contributed by atoms with van der Waals surface area (Å²) in [5.74, 6) is 0.894. The number of nitrogens with zero attached hydrogens (tertiary/aromatic N) is 2. The molecule has 4 rings (SSSR count). The van der Waals surface area contributed by atoms with E-state index < -0.39 is 0 Å². The van der Waals surface area contributed by atoms with E-state index in [4.69, 9.17) is 9.84 Å². The van der Waals surface area contributed by atoms with E-state index in [1.54, 1.807) is 7.11 Å². The highest BCUT2D eigenvalue weighted by atomic mass is 16.5. The number of hydrogen-bond acceptors (Lipinski definition) is 3. The number of rotatable bonds is 6. The summed E-state index contributed by atoms with van der Waals surface area (Å²) in [6.45, 7) is 1.58. The van der Waals surface area contributed by atoms with E-state index in [-0.39, 0.29) is 0 Å². The summed E-state index contributed by atoms with van der Waals surface area (Å²) < 4.78 is 5.46. The molecule has 0 aliphatic heterocycles. The Hall–Kier alpha value is -3.07. The third kappa shape index (κ3) is 4.42. The number of methoxy groups -OCH3 is 1. The molecular formula is C25H26N2O. The van der Waals surface area contributed by atoms with Crippen LogP contribution in [-0.4, -0.2) is 17.8 Å². The SMILES string of the molecule is COc1ccc2c(c1)/C(=N/N(Cc1ccccc1)Cc1ccccc1)CCC2. The fraction of sp³-hybridized carbons (Fsp3) is 0.240. The molecule has 28 heavy (non-hydrogen) atoms. The van der Waals surface area contributed by atoms with E-state index in [0.29, 0.717) is 0 Å². The van der Waals surface area contributed by atoms with Gasteiger partial charge in [0.25, 0.3) is 0 Å². The topological polar surface area (TPSA) is 24.8 Å². The molecule has 3 heteroatoms. The Morgan fingerprint density at radius 3 is 2.07 bits per heavy atom. The van der Waals surface area contributed by atoms with Gasteiger partial charge in [-0.2, -0.15) is 5.10 Å². The molecule has 0 atom stereocenters. The van der Waals surface area contributed by atoms with Gasteiger partial charge in [-0.15, -0.1) is 0 Å². The lowest BCUT2D eigenvalue weighted by molar-refractivity contribution is 0.270. The molecule has 0 spiro atoms. The van der Waals surface area contributed by atoms with Crippen molar-refractivity contribution in [2.24, 2.45) is 5.10 Å². The lowest BCUT2D eigenvalue weighted by atomic mass is 9.90. The summed E-state index contributed by atoms with van der Waals surface area (Å²) in [6.07, 6.45) is 3.25. The summed E-state index contributed by atoms with van der Waals surface area (Å²) >= 11 is 0. The summed E-state index contributed by atoms with van der Waals surface area (Å²) in [7, 11) is 1.72. The van der Waals surface area contributed by atoms with Gasteiger partial charge in [0.05, 0.1) is 25.9 Å². The fourth-order valence-electron chi connectivity index (χ4n) is 3.74. The minimum absolute atomic E-state index is 0.790. The molecule has 1 aliphatic rings. The molecule has 0 unspecified atom stereocenters. The first-order chi connectivity index (χ1) is 13.8. The van der Waals surface area contributed by atoms with Gasteiger partial charge in [-0.3, -0.25) is 5.01 Å². The van der Waals surface area contributed by atoms with E-state index in [0.717, 1.165) is 43.8 Å². The predicted octanol–water partition coefficient (Wildman–Crippen LogP) is 5.44. The van der Waals surface area contributed by atoms with Crippen LogP contribution in [0.4, 0.5) is 0 Å². The smallest absolute Gasteiger partial charge is 0.119 e. The highest BCUT2D eigenvalue weighted by molar-refractivity contribution is 6.02. The van der Waals surface area contributed by atoms with Gasteiger partial charge in [0.15, 0.2) is 0 Å². The van der Waals surface area contributed by atoms with Crippen molar-refractivity contribution in [1.82, 2.24) is 5.01 Å². The maximum absolute atomic E-state index is 5.46. The third-order valence-electron chi connectivity index (χ3n) is 5.17. The highest BCUT2D eigenvalue weighted by Gasteiger charge is 2.18. The zero-order valence-electron chi connectivity index (χ0n) is 16.3. The molecular weight excluding hydrogens is 344 g/mol. The van der Waals surface area contributed by atoms with Crippen molar-refractivity contribution in [3.8, 4) is 5.75 Å². The van der Waals surface area contributed by atoms with E-state index in [1.807, 2.05) is 6.07 Å². The fourth-order valence-corrected chi connectivity index (χ4v) is 3.74. The van der Waals surface area contributed by atoms with Crippen LogP contribution in [0.15, 0.2) is 84.0 Å². The summed E-state index contributed by atoms with van der Waals surface area (Å²) in [5.41, 5.74) is 6.29. The molecule has 0 saturated carbocycles. The molecule has 0 amide bonds. The zero-order chi connectivity index (χ0) is 19.2. The number of hydrazone groups is 1. The number of hydrogen-bond donors (Lipinski definition) is 0. The summed E-state index contributed by atoms with van der Waals surface area (Å²) in [6, 6.07) is 27.5. The van der Waals surface area contributed by atoms with Crippen molar-refractivity contribution < 1.29 is 4.74 Å². The Morgan fingerprint density at radius 2 is 1.46 bits per heavy atom. The van der Waals surface area contributed by atoms with Crippen LogP contribution in [0.1, 0.15) is 35.1 Å². The number of benzene rings is 3. The van der Waals surface area contributed by atoms with Gasteiger partial charge in [-0.1, -0.05) is 66.7 Å². The Bertz CT molecular complexity index is 894. The standard InChI is InChI=1S/C25H26N2O/c1-28-23-16-15-22-13-8-14-25(24(22)17-23)26-27(18-20-9-4-2-5-10-20)19-21-11-6-3-7-12-21/h2-7,9-12,15-17H,8,13-14,18-19H2,1H3/b26-25+. The van der Waals surface area contributed by atoms with Crippen molar-refractivity contribution in [2.45, 2.75) is 32.4 Å². The second kappa shape index (κ2) is 8.75. The van der Waals surface area contributed by atoms with E-state index in [2.05, 4.69) is 77.8 Å². The van der Waals surface area contributed by atoms with Crippen LogP contribution in [0.3, 0.4) is 0 Å². The van der Waals surface area contributed by atoms with Gasteiger partial charge in [-0.05, 0) is 48.1 Å². The van der Waals surface area contributed by atoms with Crippen LogP contribution in [0, 0.1) is 0 Å². The predicted molar refractivity (Wildman–Crippen MR) is 115 cm³/mol. The minimum atomic E-state index is 0.790. The largest absolute Gasteiger partial charge is 0.497 e. The molecule has 0 fully saturated rings. The Balaban J connectivity index is 1.67. The van der Waals surface area contributed by atoms with E-state index in [1.165, 1.54) is 22.3 Å². The summed E-state index contributed by atoms with van der Waals surface area (Å²) in [4.78, 5) is 0. The second-order valence-corrected chi connectivity index (χ2v) is 7.22. The van der Waals surface area contributed by atoms with Gasteiger partial charge in [0.2, 0.25) is 0 Å². The quantitative estimate of drug-likeness (QED) is 0.540. The van der Waals surface area contributed by atoms with Crippen molar-refractivity contribution in [2.75, 3.05) is 7.11 Å². The van der Waals surface area contributed by atoms with Gasteiger partial charge >= 0.3 is 0 Å². The van der Waals surface area contributed by atoms with Crippen LogP contribution in [0.5, 0.6) is 5.75 Å². The van der Waals surface area contributed by atoms with Crippen molar-refractivity contribution in [3.63, 3.8) is 0 Å². The monoisotopic (exact) mass is 370 g/mol. The molecule has 3 aromatic carbocycles. The molecule has 0 N–H and O–H groups in total. The van der Waals surface area contributed by atoms with Crippen LogP contribution >= 0.6 is 0 Å². The normalized spacial score (nSPS) is 14.5. The second-order valence-electron chi connectivity index (χ2n) is 7.22. The molecule has 0 bridgehead atoms. The average molecular weight is 370 g/mol. The third-order valence-corrected chi connectivity index (χ3v) is 5.17. The zero-order valence-corrected chi connectivity index (χ0v) is 16.3. The first kappa shape index (κ1) is 18.3. The molecule has 0 radical (unpaired) electrons. The minimum Gasteiger partial charge on any atom is -0.497 e. The Labute approximate surface area is 167 Å². The van der Waals surface area contributed by atoms with Gasteiger partial charge in [0.1, 0.15) is 5.75 Å². The number of aryl methyl sites for hydroxylation is 1. The molecule has 1 aliphatic carbocycles. The average Bonchev–Trinajstić information content (AvgIpc) is 2.75. The van der Waals surface area contributed by atoms with Crippen LogP contribution in [0.25, 0.3) is 0 Å². The Kier molecular flexibility index (Phi) is 5.72. The first-order valence-corrected chi connectivity index (χ1v) is 9.89. The number of ether oxygens (including phenoxy) is 1. The van der Waals surface area contributed by atoms with Crippen LogP contribution in [0.2, 0.25) is 0 Å². The highest BCUT2D eigenvalue weighted by Crippen LogP contribution is 2.27. The van der Waals surface area contributed by atoms with Gasteiger partial charge in [0, 0.05) is 5.56 Å². The molecule has 3 aromatic rings. The van der Waals surface area contributed by atoms with Crippen molar-refractivity contribution >= 4 is 5.71 Å². The maximum Gasteiger partial charge on any atom is 0.119 e. The summed E-state index contributed by atoms with van der Waals surface area (Å²) in [5, 5.41) is 7.33. The molecule has 0 heterocycles. The van der Waals surface area contributed by atoms with Crippen LogP contribution < -0.4 is 4.74 Å². The first-order valence-electron chi connectivity index (χ1n) is 9.89. The lowest BCUT2D eigenvalue weighted by Gasteiger charge is -2.24. The molecule has 0 aromatic heterocycles. The molecule has 0 saturated heterocycles. The van der Waals surface area contributed by atoms with E-state index in [9.17, 15) is 0 Å². The molecule has 142 valence electrons.